The van der Waals surface area contributed by atoms with Gasteiger partial charge in [-0.05, 0) is 18.6 Å². The van der Waals surface area contributed by atoms with Gasteiger partial charge in [-0.3, -0.25) is 0 Å². The Labute approximate surface area is 94.0 Å². The molecule has 4 heteroatoms. The first-order chi connectivity index (χ1) is 7.79. The third kappa shape index (κ3) is 2.41. The summed E-state index contributed by atoms with van der Waals surface area (Å²) in [5, 5.41) is 3.79. The average molecular weight is 218 g/mol. The molecule has 0 aliphatic heterocycles. The Morgan fingerprint density at radius 1 is 1.38 bits per heavy atom. The maximum absolute atomic E-state index is 5.61. The zero-order chi connectivity index (χ0) is 11.4. The van der Waals surface area contributed by atoms with Gasteiger partial charge in [-0.1, -0.05) is 23.4 Å². The van der Waals surface area contributed by atoms with E-state index in [-0.39, 0.29) is 0 Å². The Morgan fingerprint density at radius 2 is 2.19 bits per heavy atom. The van der Waals surface area contributed by atoms with Crippen molar-refractivity contribution in [1.82, 2.24) is 5.16 Å². The van der Waals surface area contributed by atoms with Gasteiger partial charge in [-0.15, -0.1) is 0 Å². The number of rotatable bonds is 4. The fourth-order valence-corrected chi connectivity index (χ4v) is 1.39. The van der Waals surface area contributed by atoms with Crippen LogP contribution in [0.15, 0.2) is 34.9 Å². The lowest BCUT2D eigenvalue weighted by Crippen LogP contribution is -1.96. The Kier molecular flexibility index (Phi) is 3.22. The van der Waals surface area contributed by atoms with E-state index < -0.39 is 0 Å². The Hall–Kier alpha value is -1.81. The molecule has 84 valence electrons. The van der Waals surface area contributed by atoms with Crippen LogP contribution in [0.3, 0.4) is 0 Å². The van der Waals surface area contributed by atoms with Crippen LogP contribution < -0.4 is 10.5 Å². The molecular weight excluding hydrogens is 204 g/mol. The number of nitrogens with zero attached hydrogens (tertiary/aromatic N) is 1. The molecule has 0 aliphatic carbocycles. The molecule has 1 aromatic carbocycles. The number of para-hydroxylation sites is 1. The summed E-state index contributed by atoms with van der Waals surface area (Å²) in [5.74, 6) is 1.54. The molecular formula is C12H14N2O2. The minimum Gasteiger partial charge on any atom is -0.485 e. The number of hydrogen-bond donors (Lipinski definition) is 1. The largest absolute Gasteiger partial charge is 0.485 e. The molecule has 0 atom stereocenters. The molecule has 0 spiro atoms. The van der Waals surface area contributed by atoms with Gasteiger partial charge < -0.3 is 15.0 Å². The summed E-state index contributed by atoms with van der Waals surface area (Å²) in [6.45, 7) is 2.76. The van der Waals surface area contributed by atoms with E-state index in [1.54, 1.807) is 6.07 Å². The monoisotopic (exact) mass is 218 g/mol. The van der Waals surface area contributed by atoms with Gasteiger partial charge >= 0.3 is 0 Å². The predicted molar refractivity (Wildman–Crippen MR) is 59.9 cm³/mol. The summed E-state index contributed by atoms with van der Waals surface area (Å²) >= 11 is 0. The first kappa shape index (κ1) is 10.7. The topological polar surface area (TPSA) is 61.3 Å². The average Bonchev–Trinajstić information content (AvgIpc) is 2.76. The normalized spacial score (nSPS) is 10.4. The van der Waals surface area contributed by atoms with Crippen LogP contribution in [0, 0.1) is 6.92 Å². The van der Waals surface area contributed by atoms with Crippen LogP contribution in [-0.2, 0) is 13.2 Å². The molecule has 0 saturated heterocycles. The highest BCUT2D eigenvalue weighted by Crippen LogP contribution is 2.17. The molecule has 16 heavy (non-hydrogen) atoms. The molecule has 0 unspecified atom stereocenters. The predicted octanol–water partition coefficient (Wildman–Crippen LogP) is 2.02. The summed E-state index contributed by atoms with van der Waals surface area (Å²) in [7, 11) is 0. The van der Waals surface area contributed by atoms with Gasteiger partial charge in [0.1, 0.15) is 12.4 Å². The van der Waals surface area contributed by atoms with Gasteiger partial charge in [0, 0.05) is 12.6 Å². The van der Waals surface area contributed by atoms with Gasteiger partial charge in [0.25, 0.3) is 0 Å². The van der Waals surface area contributed by atoms with E-state index >= 15 is 0 Å². The molecule has 1 aromatic heterocycles. The lowest BCUT2D eigenvalue weighted by Gasteiger charge is -2.05. The second-order valence-corrected chi connectivity index (χ2v) is 3.54. The molecule has 0 radical (unpaired) electrons. The Bertz CT molecular complexity index is 466. The standard InChI is InChI=1S/C12H14N2O2/c1-9-4-2-3-5-12(9)15-8-11-6-10(7-13)14-16-11/h2-6H,7-8,13H2,1H3. The number of nitrogens with two attached hydrogens (primary N) is 1. The van der Waals surface area contributed by atoms with Crippen molar-refractivity contribution in [3.63, 3.8) is 0 Å². The fraction of sp³-hybridized carbons (Fsp3) is 0.250. The van der Waals surface area contributed by atoms with Crippen molar-refractivity contribution in [1.29, 1.82) is 0 Å². The maximum Gasteiger partial charge on any atom is 0.174 e. The third-order valence-corrected chi connectivity index (χ3v) is 2.28. The molecule has 4 nitrogen and oxygen atoms in total. The van der Waals surface area contributed by atoms with Crippen molar-refractivity contribution in [2.75, 3.05) is 0 Å². The van der Waals surface area contributed by atoms with Crippen molar-refractivity contribution in [3.05, 3.63) is 47.3 Å². The highest BCUT2D eigenvalue weighted by Gasteiger charge is 2.04. The number of aryl methyl sites for hydroxylation is 1. The highest BCUT2D eigenvalue weighted by molar-refractivity contribution is 5.31. The first-order valence-electron chi connectivity index (χ1n) is 5.12. The summed E-state index contributed by atoms with van der Waals surface area (Å²) in [4.78, 5) is 0. The van der Waals surface area contributed by atoms with Crippen LogP contribution in [-0.4, -0.2) is 5.16 Å². The van der Waals surface area contributed by atoms with Gasteiger partial charge in [0.2, 0.25) is 0 Å². The van der Waals surface area contributed by atoms with Crippen LogP contribution in [0.4, 0.5) is 0 Å². The first-order valence-corrected chi connectivity index (χ1v) is 5.12. The van der Waals surface area contributed by atoms with Crippen LogP contribution >= 0.6 is 0 Å². The minimum atomic E-state index is 0.373. The van der Waals surface area contributed by atoms with Crippen LogP contribution in [0.5, 0.6) is 5.75 Å². The SMILES string of the molecule is Cc1ccccc1OCc1cc(CN)no1. The third-order valence-electron chi connectivity index (χ3n) is 2.28. The lowest BCUT2D eigenvalue weighted by atomic mass is 10.2. The summed E-state index contributed by atoms with van der Waals surface area (Å²) in [6.07, 6.45) is 0. The molecule has 0 bridgehead atoms. The Morgan fingerprint density at radius 3 is 2.88 bits per heavy atom. The van der Waals surface area contributed by atoms with Crippen molar-refractivity contribution in [2.24, 2.45) is 5.73 Å². The van der Waals surface area contributed by atoms with Crippen LogP contribution in [0.1, 0.15) is 17.0 Å². The van der Waals surface area contributed by atoms with E-state index in [2.05, 4.69) is 5.16 Å². The molecule has 1 heterocycles. The number of benzene rings is 1. The second kappa shape index (κ2) is 4.81. The van der Waals surface area contributed by atoms with Crippen molar-refractivity contribution in [3.8, 4) is 5.75 Å². The maximum atomic E-state index is 5.61. The van der Waals surface area contributed by atoms with Crippen molar-refractivity contribution < 1.29 is 9.26 Å². The summed E-state index contributed by atoms with van der Waals surface area (Å²) in [5.41, 5.74) is 7.27. The van der Waals surface area contributed by atoms with E-state index in [1.165, 1.54) is 0 Å². The van der Waals surface area contributed by atoms with Crippen LogP contribution in [0.2, 0.25) is 0 Å². The molecule has 0 fully saturated rings. The van der Waals surface area contributed by atoms with Crippen LogP contribution in [0.25, 0.3) is 0 Å². The Balaban J connectivity index is 1.99. The molecule has 2 rings (SSSR count). The highest BCUT2D eigenvalue weighted by atomic mass is 16.5. The molecule has 2 N–H and O–H groups in total. The van der Waals surface area contributed by atoms with Gasteiger partial charge in [-0.2, -0.15) is 0 Å². The van der Waals surface area contributed by atoms with Gasteiger partial charge in [0.05, 0.1) is 5.69 Å². The number of hydrogen-bond acceptors (Lipinski definition) is 4. The van der Waals surface area contributed by atoms with E-state index in [1.807, 2.05) is 31.2 Å². The zero-order valence-electron chi connectivity index (χ0n) is 9.14. The minimum absolute atomic E-state index is 0.373. The number of aromatic nitrogens is 1. The van der Waals surface area contributed by atoms with Crippen molar-refractivity contribution >= 4 is 0 Å². The van der Waals surface area contributed by atoms with E-state index in [0.717, 1.165) is 17.0 Å². The van der Waals surface area contributed by atoms with Crippen molar-refractivity contribution in [2.45, 2.75) is 20.1 Å². The smallest absolute Gasteiger partial charge is 0.174 e. The van der Waals surface area contributed by atoms with Gasteiger partial charge in [-0.25, -0.2) is 0 Å². The molecule has 0 amide bonds. The number of ether oxygens (including phenoxy) is 1. The quantitative estimate of drug-likeness (QED) is 0.852. The van der Waals surface area contributed by atoms with Gasteiger partial charge in [0.15, 0.2) is 5.76 Å². The van der Waals surface area contributed by atoms with E-state index in [9.17, 15) is 0 Å². The summed E-state index contributed by atoms with van der Waals surface area (Å²) < 4.78 is 10.7. The molecule has 0 aliphatic rings. The molecule has 2 aromatic rings. The lowest BCUT2D eigenvalue weighted by molar-refractivity contribution is 0.247. The molecule has 0 saturated carbocycles. The second-order valence-electron chi connectivity index (χ2n) is 3.54. The van der Waals surface area contributed by atoms with E-state index in [0.29, 0.717) is 18.9 Å². The summed E-state index contributed by atoms with van der Waals surface area (Å²) in [6, 6.07) is 9.64. The zero-order valence-corrected chi connectivity index (χ0v) is 9.14. The van der Waals surface area contributed by atoms with E-state index in [4.69, 9.17) is 15.0 Å². The fourth-order valence-electron chi connectivity index (χ4n) is 1.39.